The number of pyridine rings is 1. The summed E-state index contributed by atoms with van der Waals surface area (Å²) in [5.41, 5.74) is 0. The van der Waals surface area contributed by atoms with Crippen molar-refractivity contribution < 1.29 is 4.74 Å². The molecule has 1 saturated heterocycles. The van der Waals surface area contributed by atoms with E-state index in [1.807, 2.05) is 12.1 Å². The molecule has 1 fully saturated rings. The number of rotatable bonds is 4. The molecule has 1 aromatic rings. The summed E-state index contributed by atoms with van der Waals surface area (Å²) in [6, 6.07) is 3.81. The van der Waals surface area contributed by atoms with Crippen LogP contribution in [0, 0.1) is 5.92 Å². The SMILES string of the molecule is COc1cccnc1NCC1CCCNC1. The summed E-state index contributed by atoms with van der Waals surface area (Å²) in [5, 5.41) is 6.77. The van der Waals surface area contributed by atoms with Crippen LogP contribution < -0.4 is 15.4 Å². The van der Waals surface area contributed by atoms with Gasteiger partial charge in [0.15, 0.2) is 11.6 Å². The number of hydrogen-bond acceptors (Lipinski definition) is 4. The Kier molecular flexibility index (Phi) is 3.99. The van der Waals surface area contributed by atoms with Gasteiger partial charge in [-0.1, -0.05) is 0 Å². The minimum atomic E-state index is 0.695. The second-order valence-electron chi connectivity index (χ2n) is 4.15. The van der Waals surface area contributed by atoms with E-state index in [9.17, 15) is 0 Å². The molecule has 0 aliphatic carbocycles. The van der Waals surface area contributed by atoms with E-state index in [0.29, 0.717) is 5.92 Å². The summed E-state index contributed by atoms with van der Waals surface area (Å²) in [4.78, 5) is 4.28. The van der Waals surface area contributed by atoms with Crippen molar-refractivity contribution in [3.8, 4) is 5.75 Å². The van der Waals surface area contributed by atoms with Crippen LogP contribution in [0.15, 0.2) is 18.3 Å². The normalized spacial score (nSPS) is 20.4. The molecule has 1 aliphatic rings. The van der Waals surface area contributed by atoms with E-state index in [4.69, 9.17) is 4.74 Å². The van der Waals surface area contributed by atoms with Gasteiger partial charge in [0.25, 0.3) is 0 Å². The van der Waals surface area contributed by atoms with Crippen molar-refractivity contribution >= 4 is 5.82 Å². The number of methoxy groups -OCH3 is 1. The molecule has 2 heterocycles. The standard InChI is InChI=1S/C12H19N3O/c1-16-11-5-3-7-14-12(11)15-9-10-4-2-6-13-8-10/h3,5,7,10,13H,2,4,6,8-9H2,1H3,(H,14,15). The van der Waals surface area contributed by atoms with E-state index in [2.05, 4.69) is 15.6 Å². The van der Waals surface area contributed by atoms with Crippen LogP contribution in [0.5, 0.6) is 5.75 Å². The molecule has 88 valence electrons. The Morgan fingerprint density at radius 2 is 2.56 bits per heavy atom. The number of hydrogen-bond donors (Lipinski definition) is 2. The molecule has 16 heavy (non-hydrogen) atoms. The Labute approximate surface area is 96.4 Å². The van der Waals surface area contributed by atoms with E-state index in [-0.39, 0.29) is 0 Å². The first-order valence-electron chi connectivity index (χ1n) is 5.83. The smallest absolute Gasteiger partial charge is 0.168 e. The first-order valence-corrected chi connectivity index (χ1v) is 5.83. The number of anilines is 1. The molecule has 2 N–H and O–H groups in total. The van der Waals surface area contributed by atoms with Crippen LogP contribution in [0.2, 0.25) is 0 Å². The summed E-state index contributed by atoms with van der Waals surface area (Å²) in [6.45, 7) is 3.21. The van der Waals surface area contributed by atoms with Crippen molar-refractivity contribution in [1.82, 2.24) is 10.3 Å². The summed E-state index contributed by atoms with van der Waals surface area (Å²) < 4.78 is 5.24. The monoisotopic (exact) mass is 221 g/mol. The van der Waals surface area contributed by atoms with Crippen LogP contribution in [0.1, 0.15) is 12.8 Å². The maximum Gasteiger partial charge on any atom is 0.168 e. The third kappa shape index (κ3) is 2.85. The van der Waals surface area contributed by atoms with E-state index >= 15 is 0 Å². The largest absolute Gasteiger partial charge is 0.493 e. The van der Waals surface area contributed by atoms with Crippen LogP contribution >= 0.6 is 0 Å². The van der Waals surface area contributed by atoms with Crippen molar-refractivity contribution in [3.63, 3.8) is 0 Å². The van der Waals surface area contributed by atoms with Gasteiger partial charge in [-0.15, -0.1) is 0 Å². The Morgan fingerprint density at radius 1 is 1.62 bits per heavy atom. The quantitative estimate of drug-likeness (QED) is 0.809. The van der Waals surface area contributed by atoms with Gasteiger partial charge in [-0.3, -0.25) is 0 Å². The van der Waals surface area contributed by atoms with Gasteiger partial charge in [0, 0.05) is 12.7 Å². The van der Waals surface area contributed by atoms with Gasteiger partial charge in [0.05, 0.1) is 7.11 Å². The lowest BCUT2D eigenvalue weighted by molar-refractivity contribution is 0.390. The second kappa shape index (κ2) is 5.70. The molecule has 4 heteroatoms. The molecule has 0 spiro atoms. The molecule has 0 radical (unpaired) electrons. The first kappa shape index (κ1) is 11.2. The lowest BCUT2D eigenvalue weighted by Crippen LogP contribution is -2.33. The lowest BCUT2D eigenvalue weighted by Gasteiger charge is -2.23. The molecule has 2 rings (SSSR count). The predicted molar refractivity (Wildman–Crippen MR) is 64.9 cm³/mol. The summed E-state index contributed by atoms with van der Waals surface area (Å²) in [5.74, 6) is 2.35. The maximum atomic E-state index is 5.24. The first-order chi connectivity index (χ1) is 7.90. The highest BCUT2D eigenvalue weighted by Crippen LogP contribution is 2.21. The summed E-state index contributed by atoms with van der Waals surface area (Å²) in [6.07, 6.45) is 4.34. The van der Waals surface area contributed by atoms with E-state index < -0.39 is 0 Å². The average molecular weight is 221 g/mol. The molecular weight excluding hydrogens is 202 g/mol. The van der Waals surface area contributed by atoms with E-state index in [0.717, 1.165) is 31.2 Å². The van der Waals surface area contributed by atoms with Gasteiger partial charge in [-0.05, 0) is 44.0 Å². The van der Waals surface area contributed by atoms with Gasteiger partial charge < -0.3 is 15.4 Å². The van der Waals surface area contributed by atoms with Gasteiger partial charge in [-0.2, -0.15) is 0 Å². The third-order valence-corrected chi connectivity index (χ3v) is 2.95. The van der Waals surface area contributed by atoms with Crippen molar-refractivity contribution in [2.24, 2.45) is 5.92 Å². The highest BCUT2D eigenvalue weighted by molar-refractivity contribution is 5.49. The minimum absolute atomic E-state index is 0.695. The highest BCUT2D eigenvalue weighted by Gasteiger charge is 2.13. The van der Waals surface area contributed by atoms with Crippen molar-refractivity contribution in [2.45, 2.75) is 12.8 Å². The molecule has 1 aliphatic heterocycles. The fourth-order valence-electron chi connectivity index (χ4n) is 2.03. The zero-order valence-corrected chi connectivity index (χ0v) is 9.70. The average Bonchev–Trinajstić information content (AvgIpc) is 2.38. The predicted octanol–water partition coefficient (Wildman–Crippen LogP) is 1.50. The molecular formula is C12H19N3O. The Morgan fingerprint density at radius 3 is 3.31 bits per heavy atom. The Balaban J connectivity index is 1.88. The Hall–Kier alpha value is -1.29. The topological polar surface area (TPSA) is 46.2 Å². The molecule has 0 saturated carbocycles. The number of nitrogens with zero attached hydrogens (tertiary/aromatic N) is 1. The molecule has 0 bridgehead atoms. The lowest BCUT2D eigenvalue weighted by atomic mass is 10.00. The maximum absolute atomic E-state index is 5.24. The summed E-state index contributed by atoms with van der Waals surface area (Å²) >= 11 is 0. The molecule has 4 nitrogen and oxygen atoms in total. The number of nitrogens with one attached hydrogen (secondary N) is 2. The fourth-order valence-corrected chi connectivity index (χ4v) is 2.03. The van der Waals surface area contributed by atoms with Gasteiger partial charge in [-0.25, -0.2) is 4.98 Å². The van der Waals surface area contributed by atoms with E-state index in [1.54, 1.807) is 13.3 Å². The van der Waals surface area contributed by atoms with Crippen LogP contribution in [0.3, 0.4) is 0 Å². The highest BCUT2D eigenvalue weighted by atomic mass is 16.5. The van der Waals surface area contributed by atoms with Crippen LogP contribution in [-0.2, 0) is 0 Å². The minimum Gasteiger partial charge on any atom is -0.493 e. The van der Waals surface area contributed by atoms with Crippen LogP contribution in [0.25, 0.3) is 0 Å². The number of ether oxygens (including phenoxy) is 1. The summed E-state index contributed by atoms with van der Waals surface area (Å²) in [7, 11) is 1.67. The fraction of sp³-hybridized carbons (Fsp3) is 0.583. The second-order valence-corrected chi connectivity index (χ2v) is 4.15. The van der Waals surface area contributed by atoms with E-state index in [1.165, 1.54) is 12.8 Å². The Bertz CT molecular complexity index is 324. The van der Waals surface area contributed by atoms with Crippen molar-refractivity contribution in [1.29, 1.82) is 0 Å². The zero-order chi connectivity index (χ0) is 11.2. The van der Waals surface area contributed by atoms with Gasteiger partial charge >= 0.3 is 0 Å². The molecule has 1 atom stereocenters. The number of piperidine rings is 1. The zero-order valence-electron chi connectivity index (χ0n) is 9.70. The van der Waals surface area contributed by atoms with Gasteiger partial charge in [0.2, 0.25) is 0 Å². The van der Waals surface area contributed by atoms with Crippen LogP contribution in [-0.4, -0.2) is 31.7 Å². The molecule has 0 aromatic carbocycles. The van der Waals surface area contributed by atoms with Gasteiger partial charge in [0.1, 0.15) is 0 Å². The van der Waals surface area contributed by atoms with Crippen LogP contribution in [0.4, 0.5) is 5.82 Å². The third-order valence-electron chi connectivity index (χ3n) is 2.95. The molecule has 1 aromatic heterocycles. The number of aromatic nitrogens is 1. The van der Waals surface area contributed by atoms with Crippen molar-refractivity contribution in [2.75, 3.05) is 32.1 Å². The molecule has 0 amide bonds. The molecule has 1 unspecified atom stereocenters. The van der Waals surface area contributed by atoms with Crippen molar-refractivity contribution in [3.05, 3.63) is 18.3 Å².